The van der Waals surface area contributed by atoms with Crippen molar-refractivity contribution in [1.82, 2.24) is 35.1 Å². The number of amides is 4. The third-order valence-corrected chi connectivity index (χ3v) is 7.32. The Morgan fingerprint density at radius 3 is 2.90 bits per heavy atom. The minimum absolute atomic E-state index is 0.0480. The first-order valence-electron chi connectivity index (χ1n) is 12.9. The normalized spacial score (nSPS) is 14.8. The number of urea groups is 1. The molecule has 3 aromatic heterocycles. The van der Waals surface area contributed by atoms with Crippen LogP contribution in [0.5, 0.6) is 0 Å². The Morgan fingerprint density at radius 1 is 1.15 bits per heavy atom. The van der Waals surface area contributed by atoms with Gasteiger partial charge >= 0.3 is 6.03 Å². The smallest absolute Gasteiger partial charge is 0.324 e. The zero-order valence-corrected chi connectivity index (χ0v) is 22.7. The average Bonchev–Trinajstić information content (AvgIpc) is 3.65. The van der Waals surface area contributed by atoms with E-state index < -0.39 is 12.1 Å². The molecule has 4 heterocycles. The van der Waals surface area contributed by atoms with Gasteiger partial charge in [0.05, 0.1) is 16.7 Å². The number of imidazole rings is 1. The van der Waals surface area contributed by atoms with Crippen LogP contribution in [0.15, 0.2) is 67.1 Å². The number of rotatable bonds is 6. The molecule has 1 fully saturated rings. The van der Waals surface area contributed by atoms with Gasteiger partial charge in [0.15, 0.2) is 5.65 Å². The quantitative estimate of drug-likeness (QED) is 0.215. The molecule has 10 nitrogen and oxygen atoms in total. The lowest BCUT2D eigenvalue weighted by atomic mass is 10.0. The first kappa shape index (κ1) is 26.1. The summed E-state index contributed by atoms with van der Waals surface area (Å²) in [6, 6.07) is 13.3. The largest absolute Gasteiger partial charge is 0.360 e. The van der Waals surface area contributed by atoms with E-state index in [4.69, 9.17) is 11.6 Å². The van der Waals surface area contributed by atoms with Crippen molar-refractivity contribution in [2.75, 3.05) is 13.1 Å². The van der Waals surface area contributed by atoms with Gasteiger partial charge < -0.3 is 15.6 Å². The highest BCUT2D eigenvalue weighted by Crippen LogP contribution is 2.26. The van der Waals surface area contributed by atoms with E-state index in [1.807, 2.05) is 31.2 Å². The Kier molecular flexibility index (Phi) is 6.87. The number of aromatic nitrogens is 4. The molecule has 1 unspecified atom stereocenters. The molecule has 1 aliphatic rings. The number of fused-ring (bicyclic) bond motifs is 2. The fourth-order valence-corrected chi connectivity index (χ4v) is 5.05. The third kappa shape index (κ3) is 5.11. The van der Waals surface area contributed by atoms with Crippen LogP contribution in [0.4, 0.5) is 4.79 Å². The number of aryl methyl sites for hydroxylation is 1. The van der Waals surface area contributed by atoms with Crippen LogP contribution >= 0.6 is 11.6 Å². The van der Waals surface area contributed by atoms with E-state index in [0.717, 1.165) is 26.9 Å². The van der Waals surface area contributed by atoms with Gasteiger partial charge in [-0.05, 0) is 54.3 Å². The van der Waals surface area contributed by atoms with Gasteiger partial charge in [0.2, 0.25) is 0 Å². The molecule has 0 aliphatic carbocycles. The second kappa shape index (κ2) is 10.8. The summed E-state index contributed by atoms with van der Waals surface area (Å²) in [5, 5.41) is 11.3. The van der Waals surface area contributed by atoms with Crippen LogP contribution < -0.4 is 10.6 Å². The summed E-state index contributed by atoms with van der Waals surface area (Å²) in [6.45, 7) is 2.07. The summed E-state index contributed by atoms with van der Waals surface area (Å²) in [5.41, 5.74) is 5.03. The fourth-order valence-electron chi connectivity index (χ4n) is 4.82. The van der Waals surface area contributed by atoms with E-state index in [1.54, 1.807) is 47.4 Å². The van der Waals surface area contributed by atoms with Crippen molar-refractivity contribution < 1.29 is 14.4 Å². The number of aromatic amines is 1. The SMILES string of the molecule is Cc1ccc(C(=O)NCCN2C(=O)NC(Cc3c[nH]c4c(Cl)cccc34)C2=O)cc1C#Cc1cnc2cccnn12. The van der Waals surface area contributed by atoms with E-state index in [9.17, 15) is 14.4 Å². The van der Waals surface area contributed by atoms with Crippen molar-refractivity contribution in [2.45, 2.75) is 19.4 Å². The Hall–Kier alpha value is -5.14. The van der Waals surface area contributed by atoms with Crippen LogP contribution in [0.2, 0.25) is 5.02 Å². The van der Waals surface area contributed by atoms with E-state index in [-0.39, 0.29) is 24.9 Å². The number of hydrogen-bond acceptors (Lipinski definition) is 5. The molecular formula is C30H24ClN7O3. The maximum absolute atomic E-state index is 13.0. The summed E-state index contributed by atoms with van der Waals surface area (Å²) in [7, 11) is 0. The molecule has 1 aliphatic heterocycles. The lowest BCUT2D eigenvalue weighted by Crippen LogP contribution is -2.39. The first-order chi connectivity index (χ1) is 19.9. The second-order valence-electron chi connectivity index (χ2n) is 9.65. The molecule has 0 saturated carbocycles. The topological polar surface area (TPSA) is 124 Å². The lowest BCUT2D eigenvalue weighted by Gasteiger charge is -2.14. The molecule has 2 aromatic carbocycles. The highest BCUT2D eigenvalue weighted by molar-refractivity contribution is 6.35. The first-order valence-corrected chi connectivity index (χ1v) is 13.3. The molecule has 41 heavy (non-hydrogen) atoms. The maximum Gasteiger partial charge on any atom is 0.324 e. The second-order valence-corrected chi connectivity index (χ2v) is 10.1. The van der Waals surface area contributed by atoms with Gasteiger partial charge in [0.1, 0.15) is 11.7 Å². The van der Waals surface area contributed by atoms with Crippen molar-refractivity contribution in [1.29, 1.82) is 0 Å². The van der Waals surface area contributed by atoms with Gasteiger partial charge in [-0.1, -0.05) is 35.7 Å². The standard InChI is InChI=1S/C30H24ClN7O3/c1-18-7-8-20(14-19(18)9-10-22-17-33-26-6-3-11-35-38(22)26)28(39)32-12-13-37-29(40)25(36-30(37)41)15-21-16-34-27-23(21)4-2-5-24(27)31/h2-8,11,14,16-17,25,34H,12-13,15H2,1H3,(H,32,39)(H,36,41). The van der Waals surface area contributed by atoms with E-state index >= 15 is 0 Å². The fraction of sp³-hybridized carbons (Fsp3) is 0.167. The van der Waals surface area contributed by atoms with Crippen molar-refractivity contribution in [3.63, 3.8) is 0 Å². The van der Waals surface area contributed by atoms with Gasteiger partial charge in [0, 0.05) is 48.4 Å². The number of carbonyl (C=O) groups excluding carboxylic acids is 3. The van der Waals surface area contributed by atoms with Gasteiger partial charge in [-0.3, -0.25) is 14.5 Å². The van der Waals surface area contributed by atoms with Crippen LogP contribution in [0, 0.1) is 18.8 Å². The number of halogens is 1. The Balaban J connectivity index is 1.08. The molecule has 0 radical (unpaired) electrons. The number of hydrogen-bond donors (Lipinski definition) is 3. The number of para-hydroxylation sites is 1. The molecule has 5 aromatic rings. The summed E-state index contributed by atoms with van der Waals surface area (Å²) < 4.78 is 1.65. The van der Waals surface area contributed by atoms with Crippen molar-refractivity contribution >= 4 is 46.0 Å². The number of benzene rings is 2. The summed E-state index contributed by atoms with van der Waals surface area (Å²) in [4.78, 5) is 47.0. The Morgan fingerprint density at radius 2 is 2.02 bits per heavy atom. The van der Waals surface area contributed by atoms with E-state index in [1.165, 1.54) is 0 Å². The van der Waals surface area contributed by atoms with E-state index in [0.29, 0.717) is 33.9 Å². The molecule has 4 amide bonds. The highest BCUT2D eigenvalue weighted by atomic mass is 35.5. The summed E-state index contributed by atoms with van der Waals surface area (Å²) in [6.07, 6.45) is 5.44. The molecule has 0 spiro atoms. The molecule has 0 bridgehead atoms. The Labute approximate surface area is 239 Å². The number of imide groups is 1. The van der Waals surface area contributed by atoms with Gasteiger partial charge in [-0.2, -0.15) is 5.10 Å². The van der Waals surface area contributed by atoms with Crippen molar-refractivity contribution in [3.8, 4) is 11.8 Å². The monoisotopic (exact) mass is 565 g/mol. The molecule has 1 atom stereocenters. The van der Waals surface area contributed by atoms with Crippen molar-refractivity contribution in [2.24, 2.45) is 0 Å². The Bertz CT molecular complexity index is 1900. The molecule has 3 N–H and O–H groups in total. The van der Waals surface area contributed by atoms with Gasteiger partial charge in [-0.15, -0.1) is 0 Å². The lowest BCUT2D eigenvalue weighted by molar-refractivity contribution is -0.127. The minimum Gasteiger partial charge on any atom is -0.360 e. The third-order valence-electron chi connectivity index (χ3n) is 7.01. The van der Waals surface area contributed by atoms with Crippen LogP contribution in [0.1, 0.15) is 32.7 Å². The summed E-state index contributed by atoms with van der Waals surface area (Å²) >= 11 is 6.24. The maximum atomic E-state index is 13.0. The molecule has 6 rings (SSSR count). The van der Waals surface area contributed by atoms with Crippen LogP contribution in [-0.2, 0) is 11.2 Å². The summed E-state index contributed by atoms with van der Waals surface area (Å²) in [5.74, 6) is 5.51. The van der Waals surface area contributed by atoms with E-state index in [2.05, 4.69) is 37.5 Å². The predicted octanol–water partition coefficient (Wildman–Crippen LogP) is 3.47. The van der Waals surface area contributed by atoms with Gasteiger partial charge in [0.25, 0.3) is 11.8 Å². The number of H-pyrrole nitrogens is 1. The van der Waals surface area contributed by atoms with Gasteiger partial charge in [-0.25, -0.2) is 14.3 Å². The van der Waals surface area contributed by atoms with Crippen LogP contribution in [0.25, 0.3) is 16.6 Å². The predicted molar refractivity (Wildman–Crippen MR) is 154 cm³/mol. The minimum atomic E-state index is -0.697. The molecular weight excluding hydrogens is 542 g/mol. The zero-order chi connectivity index (χ0) is 28.5. The number of nitrogens with one attached hydrogen (secondary N) is 3. The molecule has 11 heteroatoms. The highest BCUT2D eigenvalue weighted by Gasteiger charge is 2.38. The zero-order valence-electron chi connectivity index (χ0n) is 21.9. The molecule has 1 saturated heterocycles. The van der Waals surface area contributed by atoms with Crippen LogP contribution in [0.3, 0.4) is 0 Å². The number of nitrogens with zero attached hydrogens (tertiary/aromatic N) is 4. The molecule has 204 valence electrons. The number of carbonyl (C=O) groups is 3. The average molecular weight is 566 g/mol. The van der Waals surface area contributed by atoms with Crippen molar-refractivity contribution in [3.05, 3.63) is 100 Å². The van der Waals surface area contributed by atoms with Crippen LogP contribution in [-0.4, -0.2) is 61.5 Å².